The van der Waals surface area contributed by atoms with Gasteiger partial charge in [-0.05, 0) is 38.5 Å². The average molecular weight is 345 g/mol. The third-order valence-electron chi connectivity index (χ3n) is 5.56. The van der Waals surface area contributed by atoms with Crippen LogP contribution in [0.4, 0.5) is 11.6 Å². The van der Waals surface area contributed by atoms with E-state index >= 15 is 0 Å². The number of rotatable bonds is 5. The fraction of sp³-hybridized carbons (Fsp3) is 0.722. The quantitative estimate of drug-likeness (QED) is 0.826. The number of aromatic nitrogens is 2. The molecule has 25 heavy (non-hydrogen) atoms. The Morgan fingerprint density at radius 2 is 1.96 bits per heavy atom. The van der Waals surface area contributed by atoms with Crippen LogP contribution in [0.25, 0.3) is 0 Å². The van der Waals surface area contributed by atoms with E-state index in [1.165, 1.54) is 0 Å². The largest absolute Gasteiger partial charge is 0.394 e. The second kappa shape index (κ2) is 7.15. The van der Waals surface area contributed by atoms with E-state index in [1.54, 1.807) is 6.33 Å². The fourth-order valence-electron chi connectivity index (χ4n) is 3.94. The lowest BCUT2D eigenvalue weighted by atomic mass is 9.97. The summed E-state index contributed by atoms with van der Waals surface area (Å²) in [6, 6.07) is 2.58. The van der Waals surface area contributed by atoms with E-state index in [-0.39, 0.29) is 24.5 Å². The van der Waals surface area contributed by atoms with Gasteiger partial charge in [0, 0.05) is 31.7 Å². The van der Waals surface area contributed by atoms with Crippen LogP contribution < -0.4 is 15.1 Å². The Hall–Kier alpha value is -1.89. The van der Waals surface area contributed by atoms with Crippen molar-refractivity contribution < 1.29 is 9.90 Å². The Balaban J connectivity index is 1.45. The van der Waals surface area contributed by atoms with Gasteiger partial charge in [-0.3, -0.25) is 4.79 Å². The predicted octanol–water partition coefficient (Wildman–Crippen LogP) is 0.933. The zero-order valence-electron chi connectivity index (χ0n) is 14.6. The molecule has 2 atom stereocenters. The Bertz CT molecular complexity index is 621. The van der Waals surface area contributed by atoms with Crippen molar-refractivity contribution in [1.82, 2.24) is 15.3 Å². The molecule has 3 aliphatic rings. The topological polar surface area (TPSA) is 81.6 Å². The zero-order valence-corrected chi connectivity index (χ0v) is 14.6. The van der Waals surface area contributed by atoms with Crippen LogP contribution in [0.1, 0.15) is 38.5 Å². The number of nitrogens with one attached hydrogen (secondary N) is 1. The molecule has 7 heteroatoms. The van der Waals surface area contributed by atoms with E-state index in [4.69, 9.17) is 0 Å². The molecule has 0 radical (unpaired) electrons. The van der Waals surface area contributed by atoms with Crippen LogP contribution in [0.5, 0.6) is 0 Å². The summed E-state index contributed by atoms with van der Waals surface area (Å²) < 4.78 is 0. The molecule has 3 heterocycles. The summed E-state index contributed by atoms with van der Waals surface area (Å²) in [5.74, 6) is 2.01. The van der Waals surface area contributed by atoms with Crippen molar-refractivity contribution in [2.24, 2.45) is 5.92 Å². The second-order valence-electron chi connectivity index (χ2n) is 7.47. The Kier molecular flexibility index (Phi) is 4.74. The molecule has 0 aromatic carbocycles. The molecule has 1 saturated carbocycles. The molecule has 0 unspecified atom stereocenters. The number of hydrogen-bond donors (Lipinski definition) is 2. The van der Waals surface area contributed by atoms with Gasteiger partial charge < -0.3 is 20.2 Å². The maximum absolute atomic E-state index is 12.4. The third-order valence-corrected chi connectivity index (χ3v) is 5.56. The third kappa shape index (κ3) is 3.71. The highest BCUT2D eigenvalue weighted by Gasteiger charge is 2.31. The first kappa shape index (κ1) is 16.6. The van der Waals surface area contributed by atoms with Crippen LogP contribution in [-0.4, -0.2) is 59.3 Å². The maximum atomic E-state index is 12.4. The number of carbonyl (C=O) groups is 1. The van der Waals surface area contributed by atoms with Crippen molar-refractivity contribution in [1.29, 1.82) is 0 Å². The number of aliphatic hydroxyl groups excluding tert-OH is 1. The van der Waals surface area contributed by atoms with Gasteiger partial charge in [0.25, 0.3) is 0 Å². The molecule has 1 amide bonds. The Morgan fingerprint density at radius 3 is 2.76 bits per heavy atom. The SMILES string of the molecule is O=C(NC1CC1)[C@@H]1CCCN(c2cc(N3CCC[C@@H]3CO)ncn2)C1. The number of amides is 1. The normalized spacial score (nSPS) is 26.8. The summed E-state index contributed by atoms with van der Waals surface area (Å²) in [4.78, 5) is 25.6. The highest BCUT2D eigenvalue weighted by atomic mass is 16.3. The van der Waals surface area contributed by atoms with Gasteiger partial charge in [0.1, 0.15) is 18.0 Å². The lowest BCUT2D eigenvalue weighted by molar-refractivity contribution is -0.125. The van der Waals surface area contributed by atoms with E-state index < -0.39 is 0 Å². The fourth-order valence-corrected chi connectivity index (χ4v) is 3.94. The number of piperidine rings is 1. The van der Waals surface area contributed by atoms with Crippen molar-refractivity contribution >= 4 is 17.5 Å². The van der Waals surface area contributed by atoms with Gasteiger partial charge in [-0.25, -0.2) is 9.97 Å². The molecule has 1 aliphatic carbocycles. The molecule has 4 rings (SSSR count). The molecular weight excluding hydrogens is 318 g/mol. The predicted molar refractivity (Wildman–Crippen MR) is 95.6 cm³/mol. The summed E-state index contributed by atoms with van der Waals surface area (Å²) in [6.07, 6.45) is 7.89. The first-order chi connectivity index (χ1) is 12.2. The zero-order chi connectivity index (χ0) is 17.2. The molecule has 0 spiro atoms. The minimum Gasteiger partial charge on any atom is -0.394 e. The lowest BCUT2D eigenvalue weighted by Crippen LogP contribution is -2.44. The highest BCUT2D eigenvalue weighted by molar-refractivity contribution is 5.80. The van der Waals surface area contributed by atoms with Gasteiger partial charge in [-0.1, -0.05) is 0 Å². The number of aliphatic hydroxyl groups is 1. The summed E-state index contributed by atoms with van der Waals surface area (Å²) in [5, 5.41) is 12.7. The molecule has 3 fully saturated rings. The number of nitrogens with zero attached hydrogens (tertiary/aromatic N) is 4. The van der Waals surface area contributed by atoms with E-state index in [0.717, 1.165) is 69.8 Å². The van der Waals surface area contributed by atoms with Crippen LogP contribution in [-0.2, 0) is 4.79 Å². The Labute approximate surface area is 148 Å². The molecule has 1 aromatic rings. The van der Waals surface area contributed by atoms with E-state index in [0.29, 0.717) is 6.04 Å². The van der Waals surface area contributed by atoms with Gasteiger partial charge in [-0.15, -0.1) is 0 Å². The molecule has 1 aromatic heterocycles. The van der Waals surface area contributed by atoms with Gasteiger partial charge >= 0.3 is 0 Å². The summed E-state index contributed by atoms with van der Waals surface area (Å²) in [5.41, 5.74) is 0. The van der Waals surface area contributed by atoms with Gasteiger partial charge in [0.2, 0.25) is 5.91 Å². The molecule has 0 bridgehead atoms. The summed E-state index contributed by atoms with van der Waals surface area (Å²) in [7, 11) is 0. The van der Waals surface area contributed by atoms with E-state index in [2.05, 4.69) is 25.1 Å². The van der Waals surface area contributed by atoms with Crippen LogP contribution in [0.15, 0.2) is 12.4 Å². The van der Waals surface area contributed by atoms with Crippen molar-refractivity contribution in [2.75, 3.05) is 36.0 Å². The first-order valence-corrected chi connectivity index (χ1v) is 9.49. The van der Waals surface area contributed by atoms with Gasteiger partial charge in [-0.2, -0.15) is 0 Å². The molecule has 136 valence electrons. The smallest absolute Gasteiger partial charge is 0.225 e. The molecule has 2 N–H and O–H groups in total. The monoisotopic (exact) mass is 345 g/mol. The standard InChI is InChI=1S/C18H27N5O2/c24-11-15-4-2-8-23(15)17-9-16(19-12-20-17)22-7-1-3-13(10-22)18(25)21-14-5-6-14/h9,12-15,24H,1-8,10-11H2,(H,21,25)/t13-,15-/m1/s1. The van der Waals surface area contributed by atoms with Crippen LogP contribution in [0.2, 0.25) is 0 Å². The van der Waals surface area contributed by atoms with Crippen molar-refractivity contribution in [2.45, 2.75) is 50.6 Å². The number of anilines is 2. The van der Waals surface area contributed by atoms with Crippen molar-refractivity contribution in [3.63, 3.8) is 0 Å². The van der Waals surface area contributed by atoms with E-state index in [9.17, 15) is 9.90 Å². The molecular formula is C18H27N5O2. The van der Waals surface area contributed by atoms with Crippen molar-refractivity contribution in [3.05, 3.63) is 12.4 Å². The molecule has 2 saturated heterocycles. The van der Waals surface area contributed by atoms with Gasteiger partial charge in [0.15, 0.2) is 0 Å². The van der Waals surface area contributed by atoms with Crippen LogP contribution in [0.3, 0.4) is 0 Å². The minimum atomic E-state index is 0.0461. The summed E-state index contributed by atoms with van der Waals surface area (Å²) in [6.45, 7) is 2.73. The number of carbonyl (C=O) groups excluding carboxylic acids is 1. The lowest BCUT2D eigenvalue weighted by Gasteiger charge is -2.33. The summed E-state index contributed by atoms with van der Waals surface area (Å²) >= 11 is 0. The number of hydrogen-bond acceptors (Lipinski definition) is 6. The first-order valence-electron chi connectivity index (χ1n) is 9.49. The van der Waals surface area contributed by atoms with Crippen LogP contribution >= 0.6 is 0 Å². The minimum absolute atomic E-state index is 0.0461. The average Bonchev–Trinajstić information content (AvgIpc) is 3.34. The molecule has 7 nitrogen and oxygen atoms in total. The van der Waals surface area contributed by atoms with E-state index in [1.807, 2.05) is 6.07 Å². The highest BCUT2D eigenvalue weighted by Crippen LogP contribution is 2.28. The maximum Gasteiger partial charge on any atom is 0.225 e. The molecule has 2 aliphatic heterocycles. The second-order valence-corrected chi connectivity index (χ2v) is 7.47. The van der Waals surface area contributed by atoms with Gasteiger partial charge in [0.05, 0.1) is 18.6 Å². The van der Waals surface area contributed by atoms with Crippen molar-refractivity contribution in [3.8, 4) is 0 Å². The van der Waals surface area contributed by atoms with Crippen LogP contribution in [0, 0.1) is 5.92 Å². The Morgan fingerprint density at radius 1 is 1.16 bits per heavy atom.